The number of hydrogen-bond donors (Lipinski definition) is 2. The largest absolute Gasteiger partial charge is 0.358 e. The number of amides is 1. The molecular formula is C19H19N5O. The fourth-order valence-corrected chi connectivity index (χ4v) is 3.13. The first-order valence-corrected chi connectivity index (χ1v) is 8.20. The highest BCUT2D eigenvalue weighted by atomic mass is 16.1. The van der Waals surface area contributed by atoms with E-state index in [-0.39, 0.29) is 5.91 Å². The highest BCUT2D eigenvalue weighted by Gasteiger charge is 2.13. The number of benzene rings is 1. The molecule has 2 N–H and O–H groups in total. The smallest absolute Gasteiger partial charge is 0.272 e. The van der Waals surface area contributed by atoms with Gasteiger partial charge in [0.05, 0.1) is 5.52 Å². The molecule has 3 heterocycles. The van der Waals surface area contributed by atoms with Crippen molar-refractivity contribution in [2.45, 2.75) is 27.3 Å². The van der Waals surface area contributed by atoms with E-state index < -0.39 is 0 Å². The lowest BCUT2D eigenvalue weighted by Gasteiger charge is -2.07. The summed E-state index contributed by atoms with van der Waals surface area (Å²) in [6.45, 7) is 6.69. The molecule has 6 heteroatoms. The van der Waals surface area contributed by atoms with Gasteiger partial charge in [0.15, 0.2) is 11.3 Å². The Kier molecular flexibility index (Phi) is 3.53. The van der Waals surface area contributed by atoms with Crippen molar-refractivity contribution in [3.8, 4) is 0 Å². The average Bonchev–Trinajstić information content (AvgIpc) is 3.15. The fraction of sp³-hybridized carbons (Fsp3) is 0.211. The molecule has 0 aliphatic heterocycles. The number of hydrogen-bond acceptors (Lipinski definition) is 3. The first kappa shape index (κ1) is 15.4. The van der Waals surface area contributed by atoms with Crippen LogP contribution in [0.4, 0.5) is 0 Å². The quantitative estimate of drug-likeness (QED) is 0.605. The van der Waals surface area contributed by atoms with E-state index >= 15 is 0 Å². The van der Waals surface area contributed by atoms with E-state index in [1.165, 1.54) is 16.5 Å². The van der Waals surface area contributed by atoms with Crippen molar-refractivity contribution in [3.63, 3.8) is 0 Å². The minimum Gasteiger partial charge on any atom is -0.358 e. The van der Waals surface area contributed by atoms with Crippen LogP contribution in [0.25, 0.3) is 16.6 Å². The second kappa shape index (κ2) is 5.73. The van der Waals surface area contributed by atoms with Crippen molar-refractivity contribution < 1.29 is 4.79 Å². The lowest BCUT2D eigenvalue weighted by molar-refractivity contribution is 0.0945. The molecule has 3 aromatic heterocycles. The number of aromatic nitrogens is 4. The molecule has 0 aliphatic carbocycles. The Morgan fingerprint density at radius 2 is 2.08 bits per heavy atom. The Labute approximate surface area is 144 Å². The zero-order valence-corrected chi connectivity index (χ0v) is 14.4. The normalized spacial score (nSPS) is 11.3. The van der Waals surface area contributed by atoms with Crippen LogP contribution in [0.1, 0.15) is 32.9 Å². The van der Waals surface area contributed by atoms with E-state index in [1.807, 2.05) is 0 Å². The van der Waals surface area contributed by atoms with E-state index in [2.05, 4.69) is 53.3 Å². The second-order valence-electron chi connectivity index (χ2n) is 6.36. The van der Waals surface area contributed by atoms with Gasteiger partial charge in [0, 0.05) is 36.1 Å². The minimum absolute atomic E-state index is 0.208. The minimum atomic E-state index is -0.208. The Hall–Kier alpha value is -3.15. The molecule has 4 aromatic rings. The lowest BCUT2D eigenvalue weighted by atomic mass is 10.0. The molecular weight excluding hydrogens is 314 g/mol. The van der Waals surface area contributed by atoms with Crippen LogP contribution in [-0.4, -0.2) is 25.5 Å². The third-order valence-electron chi connectivity index (χ3n) is 4.55. The van der Waals surface area contributed by atoms with Crippen LogP contribution in [-0.2, 0) is 6.54 Å². The zero-order valence-electron chi connectivity index (χ0n) is 14.4. The van der Waals surface area contributed by atoms with E-state index in [9.17, 15) is 4.79 Å². The van der Waals surface area contributed by atoms with E-state index in [0.29, 0.717) is 17.9 Å². The molecule has 0 radical (unpaired) electrons. The summed E-state index contributed by atoms with van der Waals surface area (Å²) in [6.07, 6.45) is 3.45. The number of nitrogens with one attached hydrogen (secondary N) is 2. The summed E-state index contributed by atoms with van der Waals surface area (Å²) >= 11 is 0. The highest BCUT2D eigenvalue weighted by Crippen LogP contribution is 2.26. The Morgan fingerprint density at radius 1 is 1.24 bits per heavy atom. The molecule has 0 bridgehead atoms. The first-order valence-electron chi connectivity index (χ1n) is 8.20. The number of carbonyl (C=O) groups is 1. The van der Waals surface area contributed by atoms with Crippen molar-refractivity contribution >= 4 is 22.5 Å². The summed E-state index contributed by atoms with van der Waals surface area (Å²) in [4.78, 5) is 20.1. The van der Waals surface area contributed by atoms with Crippen LogP contribution in [0.2, 0.25) is 0 Å². The zero-order chi connectivity index (χ0) is 17.6. The molecule has 0 saturated carbocycles. The van der Waals surface area contributed by atoms with Gasteiger partial charge in [0.2, 0.25) is 0 Å². The standard InChI is InChI=1S/C19H19N5O/c1-11-7-14(18-15(8-11)12(2)13(3)22-18)10-21-19(25)16-9-17-20-5-4-6-24(17)23-16/h4-9,22H,10H2,1-3H3,(H,21,25). The molecule has 0 spiro atoms. The van der Waals surface area contributed by atoms with E-state index in [4.69, 9.17) is 0 Å². The van der Waals surface area contributed by atoms with Gasteiger partial charge in [-0.2, -0.15) is 5.10 Å². The maximum absolute atomic E-state index is 12.5. The van der Waals surface area contributed by atoms with Crippen molar-refractivity contribution in [2.24, 2.45) is 0 Å². The topological polar surface area (TPSA) is 75.1 Å². The molecule has 0 atom stereocenters. The molecule has 0 unspecified atom stereocenters. The predicted octanol–water partition coefficient (Wildman–Crippen LogP) is 3.07. The number of rotatable bonds is 3. The van der Waals surface area contributed by atoms with Crippen LogP contribution < -0.4 is 5.32 Å². The maximum Gasteiger partial charge on any atom is 0.272 e. The third kappa shape index (κ3) is 2.65. The highest BCUT2D eigenvalue weighted by molar-refractivity contribution is 5.94. The van der Waals surface area contributed by atoms with Gasteiger partial charge in [-0.25, -0.2) is 9.50 Å². The van der Waals surface area contributed by atoms with Gasteiger partial charge in [0.1, 0.15) is 0 Å². The number of aromatic amines is 1. The first-order chi connectivity index (χ1) is 12.0. The molecule has 0 saturated heterocycles. The van der Waals surface area contributed by atoms with Crippen LogP contribution in [0.5, 0.6) is 0 Å². The molecule has 25 heavy (non-hydrogen) atoms. The van der Waals surface area contributed by atoms with Gasteiger partial charge in [-0.05, 0) is 44.0 Å². The van der Waals surface area contributed by atoms with Crippen LogP contribution >= 0.6 is 0 Å². The van der Waals surface area contributed by atoms with Gasteiger partial charge in [-0.1, -0.05) is 11.6 Å². The van der Waals surface area contributed by atoms with Crippen LogP contribution in [0.15, 0.2) is 36.7 Å². The Morgan fingerprint density at radius 3 is 2.88 bits per heavy atom. The number of H-pyrrole nitrogens is 1. The molecule has 1 aromatic carbocycles. The molecule has 6 nitrogen and oxygen atoms in total. The van der Waals surface area contributed by atoms with Gasteiger partial charge in [-0.15, -0.1) is 0 Å². The molecule has 0 fully saturated rings. The van der Waals surface area contributed by atoms with Crippen molar-refractivity contribution in [3.05, 3.63) is 64.7 Å². The molecule has 0 aliphatic rings. The van der Waals surface area contributed by atoms with Crippen molar-refractivity contribution in [1.29, 1.82) is 0 Å². The van der Waals surface area contributed by atoms with E-state index in [1.54, 1.807) is 29.0 Å². The number of aryl methyl sites for hydroxylation is 3. The summed E-state index contributed by atoms with van der Waals surface area (Å²) in [7, 11) is 0. The lowest BCUT2D eigenvalue weighted by Crippen LogP contribution is -2.23. The molecule has 1 amide bonds. The van der Waals surface area contributed by atoms with Gasteiger partial charge < -0.3 is 10.3 Å². The van der Waals surface area contributed by atoms with Gasteiger partial charge >= 0.3 is 0 Å². The molecule has 126 valence electrons. The van der Waals surface area contributed by atoms with E-state index in [0.717, 1.165) is 16.8 Å². The summed E-state index contributed by atoms with van der Waals surface area (Å²) in [5, 5.41) is 8.43. The fourth-order valence-electron chi connectivity index (χ4n) is 3.13. The number of carbonyl (C=O) groups excluding carboxylic acids is 1. The van der Waals surface area contributed by atoms with Crippen LogP contribution in [0, 0.1) is 20.8 Å². The van der Waals surface area contributed by atoms with Crippen LogP contribution in [0.3, 0.4) is 0 Å². The summed E-state index contributed by atoms with van der Waals surface area (Å²) in [5.74, 6) is -0.208. The Balaban J connectivity index is 1.61. The monoisotopic (exact) mass is 333 g/mol. The Bertz CT molecular complexity index is 1070. The predicted molar refractivity (Wildman–Crippen MR) is 96.7 cm³/mol. The summed E-state index contributed by atoms with van der Waals surface area (Å²) in [6, 6.07) is 7.74. The average molecular weight is 333 g/mol. The number of fused-ring (bicyclic) bond motifs is 2. The third-order valence-corrected chi connectivity index (χ3v) is 4.55. The summed E-state index contributed by atoms with van der Waals surface area (Å²) in [5.41, 5.74) is 6.75. The van der Waals surface area contributed by atoms with Gasteiger partial charge in [-0.3, -0.25) is 4.79 Å². The maximum atomic E-state index is 12.5. The number of nitrogens with zero attached hydrogens (tertiary/aromatic N) is 3. The molecule has 4 rings (SSSR count). The van der Waals surface area contributed by atoms with Crippen molar-refractivity contribution in [1.82, 2.24) is 24.9 Å². The SMILES string of the molecule is Cc1cc(CNC(=O)c2cc3ncccn3n2)c2[nH]c(C)c(C)c2c1. The van der Waals surface area contributed by atoms with Gasteiger partial charge in [0.25, 0.3) is 5.91 Å². The second-order valence-corrected chi connectivity index (χ2v) is 6.36. The van der Waals surface area contributed by atoms with Crippen molar-refractivity contribution in [2.75, 3.05) is 0 Å². The summed E-state index contributed by atoms with van der Waals surface area (Å²) < 4.78 is 1.59.